The molecule has 7 heteroatoms. The van der Waals surface area contributed by atoms with Crippen molar-refractivity contribution in [3.63, 3.8) is 0 Å². The van der Waals surface area contributed by atoms with Crippen molar-refractivity contribution in [3.05, 3.63) is 57.0 Å². The van der Waals surface area contributed by atoms with E-state index in [9.17, 15) is 4.79 Å². The first-order valence-electron chi connectivity index (χ1n) is 6.80. The molecule has 2 aromatic carbocycles. The van der Waals surface area contributed by atoms with Gasteiger partial charge in [0.05, 0.1) is 11.1 Å². The second-order valence-electron chi connectivity index (χ2n) is 4.50. The Kier molecular flexibility index (Phi) is 6.56. The quantitative estimate of drug-likeness (QED) is 0.651. The minimum atomic E-state index is -0.291. The summed E-state index contributed by atoms with van der Waals surface area (Å²) in [6, 6.07) is 12.6. The fraction of sp³-hybridized carbons (Fsp3) is 0.125. The summed E-state index contributed by atoms with van der Waals surface area (Å²) in [4.78, 5) is 12.2. The molecule has 2 N–H and O–H groups in total. The smallest absolute Gasteiger partial charge is 0.257 e. The second-order valence-corrected chi connectivity index (χ2v) is 6.68. The zero-order valence-corrected chi connectivity index (χ0v) is 16.2. The van der Waals surface area contributed by atoms with E-state index in [4.69, 9.17) is 17.0 Å². The fourth-order valence-electron chi connectivity index (χ4n) is 1.82. The monoisotopic (exact) mass is 456 g/mol. The Morgan fingerprint density at radius 3 is 2.65 bits per heavy atom. The SMILES string of the molecule is CCOc1ccc(C(=O)NC(=S)Nc2cccc(Br)c2)cc1Br. The molecular weight excluding hydrogens is 444 g/mol. The molecule has 1 amide bonds. The summed E-state index contributed by atoms with van der Waals surface area (Å²) in [6.45, 7) is 2.46. The first-order chi connectivity index (χ1) is 11.0. The molecule has 0 aliphatic rings. The Morgan fingerprint density at radius 1 is 1.22 bits per heavy atom. The Bertz CT molecular complexity index is 738. The Hall–Kier alpha value is -1.44. The van der Waals surface area contributed by atoms with Crippen LogP contribution in [0.4, 0.5) is 5.69 Å². The van der Waals surface area contributed by atoms with Crippen LogP contribution in [0.15, 0.2) is 51.4 Å². The standard InChI is InChI=1S/C16H14Br2N2O2S/c1-2-22-14-7-6-10(8-13(14)18)15(21)20-16(23)19-12-5-3-4-11(17)9-12/h3-9H,2H2,1H3,(H2,19,20,21,23). The molecule has 0 radical (unpaired) electrons. The van der Waals surface area contributed by atoms with Crippen LogP contribution < -0.4 is 15.4 Å². The number of amides is 1. The largest absolute Gasteiger partial charge is 0.493 e. The van der Waals surface area contributed by atoms with Gasteiger partial charge in [-0.15, -0.1) is 0 Å². The van der Waals surface area contributed by atoms with Crippen LogP contribution >= 0.6 is 44.1 Å². The van der Waals surface area contributed by atoms with Crippen molar-refractivity contribution in [2.24, 2.45) is 0 Å². The number of hydrogen-bond donors (Lipinski definition) is 2. The van der Waals surface area contributed by atoms with Gasteiger partial charge >= 0.3 is 0 Å². The summed E-state index contributed by atoms with van der Waals surface area (Å²) in [5.74, 6) is 0.403. The van der Waals surface area contributed by atoms with Gasteiger partial charge in [-0.3, -0.25) is 10.1 Å². The molecule has 0 saturated carbocycles. The highest BCUT2D eigenvalue weighted by molar-refractivity contribution is 9.10. The van der Waals surface area contributed by atoms with Gasteiger partial charge < -0.3 is 10.1 Å². The van der Waals surface area contributed by atoms with E-state index in [0.29, 0.717) is 17.9 Å². The van der Waals surface area contributed by atoms with E-state index in [1.54, 1.807) is 18.2 Å². The molecule has 2 aromatic rings. The van der Waals surface area contributed by atoms with Crippen molar-refractivity contribution < 1.29 is 9.53 Å². The van der Waals surface area contributed by atoms with Gasteiger partial charge in [-0.25, -0.2) is 0 Å². The number of nitrogens with one attached hydrogen (secondary N) is 2. The lowest BCUT2D eigenvalue weighted by Gasteiger charge is -2.11. The average Bonchev–Trinajstić information content (AvgIpc) is 2.49. The summed E-state index contributed by atoms with van der Waals surface area (Å²) >= 11 is 11.9. The lowest BCUT2D eigenvalue weighted by atomic mass is 10.2. The molecule has 0 fully saturated rings. The Balaban J connectivity index is 2.01. The van der Waals surface area contributed by atoms with Crippen LogP contribution in [0.25, 0.3) is 0 Å². The predicted octanol–water partition coefficient (Wildman–Crippen LogP) is 4.74. The number of ether oxygens (including phenoxy) is 1. The molecule has 4 nitrogen and oxygen atoms in total. The van der Waals surface area contributed by atoms with E-state index in [1.807, 2.05) is 31.2 Å². The number of halogens is 2. The molecule has 23 heavy (non-hydrogen) atoms. The van der Waals surface area contributed by atoms with Gasteiger partial charge in [0.1, 0.15) is 5.75 Å². The van der Waals surface area contributed by atoms with Crippen molar-refractivity contribution in [2.75, 3.05) is 11.9 Å². The van der Waals surface area contributed by atoms with Crippen LogP contribution in [0.5, 0.6) is 5.75 Å². The molecule has 0 saturated heterocycles. The van der Waals surface area contributed by atoms with Crippen molar-refractivity contribution in [1.29, 1.82) is 0 Å². The molecule has 0 bridgehead atoms. The summed E-state index contributed by atoms with van der Waals surface area (Å²) in [6.07, 6.45) is 0. The molecule has 2 rings (SSSR count). The predicted molar refractivity (Wildman–Crippen MR) is 103 cm³/mol. The molecule has 0 aromatic heterocycles. The minimum Gasteiger partial charge on any atom is -0.493 e. The molecule has 0 spiro atoms. The number of hydrogen-bond acceptors (Lipinski definition) is 3. The topological polar surface area (TPSA) is 50.4 Å². The zero-order chi connectivity index (χ0) is 16.8. The van der Waals surface area contributed by atoms with Crippen LogP contribution in [0.3, 0.4) is 0 Å². The highest BCUT2D eigenvalue weighted by Crippen LogP contribution is 2.26. The molecule has 120 valence electrons. The number of thiocarbonyl (C=S) groups is 1. The number of benzene rings is 2. The van der Waals surface area contributed by atoms with Crippen LogP contribution in [-0.4, -0.2) is 17.6 Å². The molecule has 0 unspecified atom stereocenters. The Morgan fingerprint density at radius 2 is 2.00 bits per heavy atom. The number of carbonyl (C=O) groups excluding carboxylic acids is 1. The maximum Gasteiger partial charge on any atom is 0.257 e. The first kappa shape index (κ1) is 17.9. The van der Waals surface area contributed by atoms with Gasteiger partial charge in [0.15, 0.2) is 5.11 Å². The molecule has 0 atom stereocenters. The fourth-order valence-corrected chi connectivity index (χ4v) is 2.92. The van der Waals surface area contributed by atoms with E-state index < -0.39 is 0 Å². The van der Waals surface area contributed by atoms with Gasteiger partial charge in [0.25, 0.3) is 5.91 Å². The Labute approximate surface area is 156 Å². The molecule has 0 heterocycles. The lowest BCUT2D eigenvalue weighted by Crippen LogP contribution is -2.34. The summed E-state index contributed by atoms with van der Waals surface area (Å²) in [5, 5.41) is 5.84. The van der Waals surface area contributed by atoms with E-state index in [0.717, 1.165) is 14.6 Å². The average molecular weight is 458 g/mol. The first-order valence-corrected chi connectivity index (χ1v) is 8.79. The molecule has 0 aliphatic carbocycles. The zero-order valence-electron chi connectivity index (χ0n) is 12.2. The summed E-state index contributed by atoms with van der Waals surface area (Å²) < 4.78 is 7.06. The van der Waals surface area contributed by atoms with Crippen LogP contribution in [0, 0.1) is 0 Å². The third kappa shape index (κ3) is 5.30. The third-order valence-electron chi connectivity index (χ3n) is 2.80. The highest BCUT2D eigenvalue weighted by Gasteiger charge is 2.11. The van der Waals surface area contributed by atoms with E-state index in [1.165, 1.54) is 0 Å². The number of anilines is 1. The summed E-state index contributed by atoms with van der Waals surface area (Å²) in [7, 11) is 0. The van der Waals surface area contributed by atoms with Crippen LogP contribution in [0.1, 0.15) is 17.3 Å². The minimum absolute atomic E-state index is 0.234. The van der Waals surface area contributed by atoms with Gasteiger partial charge in [0.2, 0.25) is 0 Å². The molecule has 0 aliphatic heterocycles. The van der Waals surface area contributed by atoms with Crippen molar-refractivity contribution >= 4 is 60.8 Å². The lowest BCUT2D eigenvalue weighted by molar-refractivity contribution is 0.0977. The van der Waals surface area contributed by atoms with Crippen LogP contribution in [0.2, 0.25) is 0 Å². The van der Waals surface area contributed by atoms with Gasteiger partial charge in [-0.1, -0.05) is 22.0 Å². The second kappa shape index (κ2) is 8.42. The van der Waals surface area contributed by atoms with Gasteiger partial charge in [-0.2, -0.15) is 0 Å². The van der Waals surface area contributed by atoms with E-state index >= 15 is 0 Å². The number of rotatable bonds is 4. The normalized spacial score (nSPS) is 10.0. The van der Waals surface area contributed by atoms with E-state index in [-0.39, 0.29) is 11.0 Å². The summed E-state index contributed by atoms with van der Waals surface area (Å²) in [5.41, 5.74) is 1.27. The molecular formula is C16H14Br2N2O2S. The van der Waals surface area contributed by atoms with Gasteiger partial charge in [0, 0.05) is 15.7 Å². The highest BCUT2D eigenvalue weighted by atomic mass is 79.9. The van der Waals surface area contributed by atoms with Crippen molar-refractivity contribution in [3.8, 4) is 5.75 Å². The van der Waals surface area contributed by atoms with Crippen molar-refractivity contribution in [2.45, 2.75) is 6.92 Å². The number of carbonyl (C=O) groups is 1. The maximum absolute atomic E-state index is 12.2. The van der Waals surface area contributed by atoms with Crippen molar-refractivity contribution in [1.82, 2.24) is 5.32 Å². The van der Waals surface area contributed by atoms with Gasteiger partial charge in [-0.05, 0) is 71.5 Å². The third-order valence-corrected chi connectivity index (χ3v) is 4.12. The van der Waals surface area contributed by atoms with Crippen LogP contribution in [-0.2, 0) is 0 Å². The maximum atomic E-state index is 12.2. The van der Waals surface area contributed by atoms with E-state index in [2.05, 4.69) is 42.5 Å².